The molecule has 3 amide bonds. The van der Waals surface area contributed by atoms with E-state index in [9.17, 15) is 14.0 Å². The number of rotatable bonds is 5. The fraction of sp³-hybridized carbons (Fsp3) is 0.579. The van der Waals surface area contributed by atoms with E-state index in [1.807, 2.05) is 20.8 Å². The van der Waals surface area contributed by atoms with Gasteiger partial charge in [0.05, 0.1) is 6.10 Å². The van der Waals surface area contributed by atoms with E-state index < -0.39 is 5.82 Å². The van der Waals surface area contributed by atoms with Gasteiger partial charge in [-0.1, -0.05) is 6.92 Å². The molecule has 2 rings (SSSR count). The summed E-state index contributed by atoms with van der Waals surface area (Å²) in [6.45, 7) is 8.33. The molecule has 0 aliphatic carbocycles. The highest BCUT2D eigenvalue weighted by molar-refractivity contribution is 5.94. The van der Waals surface area contributed by atoms with Crippen molar-refractivity contribution >= 4 is 11.9 Å². The highest BCUT2D eigenvalue weighted by Crippen LogP contribution is 2.21. The van der Waals surface area contributed by atoms with Crippen LogP contribution in [-0.2, 0) is 0 Å². The lowest BCUT2D eigenvalue weighted by Crippen LogP contribution is -2.42. The molecule has 0 aromatic heterocycles. The van der Waals surface area contributed by atoms with Gasteiger partial charge in [-0.25, -0.2) is 9.18 Å². The van der Waals surface area contributed by atoms with Crippen molar-refractivity contribution in [3.05, 3.63) is 29.6 Å². The van der Waals surface area contributed by atoms with Crippen LogP contribution in [0.4, 0.5) is 9.18 Å². The third-order valence-corrected chi connectivity index (χ3v) is 4.14. The number of carbonyl (C=O) groups excluding carboxylic acids is 2. The molecule has 7 heteroatoms. The maximum Gasteiger partial charge on any atom is 0.317 e. The Labute approximate surface area is 154 Å². The van der Waals surface area contributed by atoms with Gasteiger partial charge < -0.3 is 19.9 Å². The minimum absolute atomic E-state index is 0.0950. The molecule has 1 aliphatic rings. The molecule has 0 radical (unpaired) electrons. The van der Waals surface area contributed by atoms with Crippen molar-refractivity contribution in [3.63, 3.8) is 0 Å². The van der Waals surface area contributed by atoms with Crippen LogP contribution in [0.15, 0.2) is 18.2 Å². The van der Waals surface area contributed by atoms with Crippen LogP contribution < -0.4 is 10.1 Å². The van der Waals surface area contributed by atoms with Gasteiger partial charge in [0.2, 0.25) is 0 Å². The highest BCUT2D eigenvalue weighted by atomic mass is 19.1. The zero-order chi connectivity index (χ0) is 19.1. The Kier molecular flexibility index (Phi) is 7.24. The average molecular weight is 365 g/mol. The minimum atomic E-state index is -0.542. The second-order valence-corrected chi connectivity index (χ2v) is 6.68. The topological polar surface area (TPSA) is 61.9 Å². The van der Waals surface area contributed by atoms with E-state index in [1.165, 1.54) is 12.1 Å². The first-order valence-electron chi connectivity index (χ1n) is 9.20. The summed E-state index contributed by atoms with van der Waals surface area (Å²) in [5, 5.41) is 2.85. The van der Waals surface area contributed by atoms with Crippen LogP contribution in [0.3, 0.4) is 0 Å². The van der Waals surface area contributed by atoms with Crippen LogP contribution in [0.25, 0.3) is 0 Å². The van der Waals surface area contributed by atoms with Gasteiger partial charge in [-0.2, -0.15) is 0 Å². The summed E-state index contributed by atoms with van der Waals surface area (Å²) in [7, 11) is 0. The Morgan fingerprint density at radius 1 is 1.19 bits per heavy atom. The minimum Gasteiger partial charge on any atom is -0.488 e. The summed E-state index contributed by atoms with van der Waals surface area (Å²) in [6.07, 6.45) is 1.44. The Morgan fingerprint density at radius 2 is 1.88 bits per heavy atom. The highest BCUT2D eigenvalue weighted by Gasteiger charge is 2.23. The molecule has 1 heterocycles. The van der Waals surface area contributed by atoms with E-state index in [4.69, 9.17) is 4.74 Å². The van der Waals surface area contributed by atoms with E-state index >= 15 is 0 Å². The van der Waals surface area contributed by atoms with E-state index in [1.54, 1.807) is 15.9 Å². The van der Waals surface area contributed by atoms with Gasteiger partial charge in [-0.3, -0.25) is 4.79 Å². The van der Waals surface area contributed by atoms with Crippen molar-refractivity contribution < 1.29 is 18.7 Å². The molecule has 1 saturated heterocycles. The first-order valence-corrected chi connectivity index (χ1v) is 9.20. The molecule has 1 aromatic rings. The maximum atomic E-state index is 14.1. The maximum absolute atomic E-state index is 14.1. The predicted octanol–water partition coefficient (Wildman–Crippen LogP) is 2.88. The summed E-state index contributed by atoms with van der Waals surface area (Å²) in [5.74, 6) is -0.623. The van der Waals surface area contributed by atoms with E-state index in [0.29, 0.717) is 44.7 Å². The number of carbonyl (C=O) groups is 2. The summed E-state index contributed by atoms with van der Waals surface area (Å²) >= 11 is 0. The van der Waals surface area contributed by atoms with Crippen molar-refractivity contribution in [2.75, 3.05) is 32.7 Å². The first kappa shape index (κ1) is 20.0. The molecule has 6 nitrogen and oxygen atoms in total. The lowest BCUT2D eigenvalue weighted by Gasteiger charge is -2.22. The van der Waals surface area contributed by atoms with Crippen LogP contribution in [-0.4, -0.2) is 60.6 Å². The van der Waals surface area contributed by atoms with E-state index in [-0.39, 0.29) is 23.8 Å². The number of amides is 3. The van der Waals surface area contributed by atoms with Crippen LogP contribution in [0.2, 0.25) is 0 Å². The Bertz CT molecular complexity index is 636. The van der Waals surface area contributed by atoms with Gasteiger partial charge in [0.25, 0.3) is 5.91 Å². The van der Waals surface area contributed by atoms with Crippen molar-refractivity contribution in [2.24, 2.45) is 0 Å². The van der Waals surface area contributed by atoms with Gasteiger partial charge in [0, 0.05) is 38.3 Å². The summed E-state index contributed by atoms with van der Waals surface area (Å²) < 4.78 is 19.5. The molecule has 0 bridgehead atoms. The summed E-state index contributed by atoms with van der Waals surface area (Å²) in [4.78, 5) is 28.2. The number of hydrogen-bond acceptors (Lipinski definition) is 3. The molecule has 0 saturated carbocycles. The Balaban J connectivity index is 1.99. The molecule has 1 aromatic carbocycles. The van der Waals surface area contributed by atoms with Crippen molar-refractivity contribution in [3.8, 4) is 5.75 Å². The molecule has 0 atom stereocenters. The molecular formula is C19H28FN3O3. The molecule has 26 heavy (non-hydrogen) atoms. The van der Waals surface area contributed by atoms with Gasteiger partial charge in [0.1, 0.15) is 0 Å². The second kappa shape index (κ2) is 9.40. The molecule has 1 N–H and O–H groups in total. The first-order chi connectivity index (χ1) is 12.4. The van der Waals surface area contributed by atoms with Gasteiger partial charge in [-0.15, -0.1) is 0 Å². The van der Waals surface area contributed by atoms with Crippen LogP contribution in [0, 0.1) is 5.82 Å². The normalized spacial score (nSPS) is 15.0. The quantitative estimate of drug-likeness (QED) is 0.873. The molecule has 0 spiro atoms. The fourth-order valence-corrected chi connectivity index (χ4v) is 2.83. The van der Waals surface area contributed by atoms with Crippen molar-refractivity contribution in [1.82, 2.24) is 15.1 Å². The SMILES string of the molecule is CCCNC(=O)N1CCCN(C(=O)c2ccc(OC(C)C)c(F)c2)CC1. The largest absolute Gasteiger partial charge is 0.488 e. The molecule has 1 fully saturated rings. The van der Waals surface area contributed by atoms with Crippen LogP contribution in [0.5, 0.6) is 5.75 Å². The smallest absolute Gasteiger partial charge is 0.317 e. The summed E-state index contributed by atoms with van der Waals surface area (Å²) in [6, 6.07) is 4.20. The lowest BCUT2D eigenvalue weighted by atomic mass is 10.1. The third kappa shape index (κ3) is 5.34. The number of hydrogen-bond donors (Lipinski definition) is 1. The number of nitrogens with zero attached hydrogens (tertiary/aromatic N) is 2. The van der Waals surface area contributed by atoms with E-state index in [0.717, 1.165) is 6.42 Å². The average Bonchev–Trinajstić information content (AvgIpc) is 2.86. The fourth-order valence-electron chi connectivity index (χ4n) is 2.83. The number of urea groups is 1. The number of benzene rings is 1. The van der Waals surface area contributed by atoms with Crippen LogP contribution >= 0.6 is 0 Å². The molecular weight excluding hydrogens is 337 g/mol. The molecule has 144 valence electrons. The van der Waals surface area contributed by atoms with Crippen LogP contribution in [0.1, 0.15) is 44.0 Å². The van der Waals surface area contributed by atoms with E-state index in [2.05, 4.69) is 5.32 Å². The van der Waals surface area contributed by atoms with Crippen molar-refractivity contribution in [2.45, 2.75) is 39.7 Å². The predicted molar refractivity (Wildman–Crippen MR) is 97.9 cm³/mol. The standard InChI is InChI=1S/C19H28FN3O3/c1-4-8-21-19(25)23-10-5-9-22(11-12-23)18(24)15-6-7-17(16(20)13-15)26-14(2)3/h6-7,13-14H,4-5,8-12H2,1-3H3,(H,21,25). The lowest BCUT2D eigenvalue weighted by molar-refractivity contribution is 0.0761. The Morgan fingerprint density at radius 3 is 2.54 bits per heavy atom. The van der Waals surface area contributed by atoms with Gasteiger partial charge in [-0.05, 0) is 44.9 Å². The van der Waals surface area contributed by atoms with Gasteiger partial charge in [0.15, 0.2) is 11.6 Å². The van der Waals surface area contributed by atoms with Crippen molar-refractivity contribution in [1.29, 1.82) is 0 Å². The number of nitrogens with one attached hydrogen (secondary N) is 1. The number of ether oxygens (including phenoxy) is 1. The third-order valence-electron chi connectivity index (χ3n) is 4.14. The summed E-state index contributed by atoms with van der Waals surface area (Å²) in [5.41, 5.74) is 0.294. The molecule has 0 unspecified atom stereocenters. The zero-order valence-corrected chi connectivity index (χ0v) is 15.8. The van der Waals surface area contributed by atoms with Gasteiger partial charge >= 0.3 is 6.03 Å². The zero-order valence-electron chi connectivity index (χ0n) is 15.8. The Hall–Kier alpha value is -2.31. The second-order valence-electron chi connectivity index (χ2n) is 6.68. The number of halogens is 1. The molecule has 1 aliphatic heterocycles. The monoisotopic (exact) mass is 365 g/mol.